The van der Waals surface area contributed by atoms with Gasteiger partial charge in [0.05, 0.1) is 46.2 Å². The van der Waals surface area contributed by atoms with Crippen LogP contribution in [-0.2, 0) is 43.5 Å². The number of carboxylic acid groups (broad SMARTS) is 2. The maximum atomic E-state index is 11.8. The zero-order chi connectivity index (χ0) is 36.6. The molecular weight excluding hydrogens is 678 g/mol. The third-order valence-electron chi connectivity index (χ3n) is 8.51. The summed E-state index contributed by atoms with van der Waals surface area (Å²) in [7, 11) is -4.04. The number of rotatable bonds is 20. The Hall–Kier alpha value is -3.00. The smallest absolute Gasteiger partial charge is 0.421 e. The number of carbonyl (C=O) groups excluding carboxylic acids is 1. The molecule has 2 fully saturated rings. The Labute approximate surface area is 297 Å². The molecule has 2 saturated carbocycles. The largest absolute Gasteiger partial charge is 0.480 e. The molecule has 0 aromatic heterocycles. The molecule has 288 valence electrons. The predicted molar refractivity (Wildman–Crippen MR) is 184 cm³/mol. The van der Waals surface area contributed by atoms with E-state index in [4.69, 9.17) is 40.0 Å². The average Bonchev–Trinajstić information content (AvgIpc) is 3.91. The van der Waals surface area contributed by atoms with Crippen LogP contribution in [0.4, 0.5) is 4.79 Å². The lowest BCUT2D eigenvalue weighted by atomic mass is 10.1. The van der Waals surface area contributed by atoms with Crippen molar-refractivity contribution in [2.75, 3.05) is 79.2 Å². The van der Waals surface area contributed by atoms with Gasteiger partial charge < -0.3 is 44.7 Å². The number of aliphatic hydroxyl groups is 1. The van der Waals surface area contributed by atoms with Crippen molar-refractivity contribution in [3.05, 3.63) is 0 Å². The van der Waals surface area contributed by atoms with Crippen molar-refractivity contribution in [2.45, 2.75) is 51.4 Å². The van der Waals surface area contributed by atoms with E-state index in [0.717, 1.165) is 50.4 Å². The summed E-state index contributed by atoms with van der Waals surface area (Å²) in [4.78, 5) is 31.8. The monoisotopic (exact) mass is 735 g/mol. The third-order valence-corrected chi connectivity index (χ3v) is 9.53. The lowest BCUT2D eigenvalue weighted by Gasteiger charge is -2.09. The minimum atomic E-state index is -4.04. The summed E-state index contributed by atoms with van der Waals surface area (Å²) in [6, 6.07) is 0. The van der Waals surface area contributed by atoms with Gasteiger partial charge in [-0.05, 0) is 61.2 Å². The van der Waals surface area contributed by atoms with Crippen LogP contribution >= 0.6 is 0 Å². The molecule has 4 aliphatic rings. The van der Waals surface area contributed by atoms with E-state index in [0.29, 0.717) is 50.7 Å². The number of amides is 1. The molecule has 50 heavy (non-hydrogen) atoms. The van der Waals surface area contributed by atoms with Crippen molar-refractivity contribution in [1.29, 1.82) is 0 Å². The summed E-state index contributed by atoms with van der Waals surface area (Å²) in [6.45, 7) is 1.74. The molecule has 4 aliphatic carbocycles. The number of hydrogen-bond acceptors (Lipinski definition) is 12. The van der Waals surface area contributed by atoms with Crippen molar-refractivity contribution < 1.29 is 64.7 Å². The number of ether oxygens (including phenoxy) is 5. The van der Waals surface area contributed by atoms with Gasteiger partial charge in [-0.3, -0.25) is 0 Å². The molecule has 0 spiro atoms. The van der Waals surface area contributed by atoms with Gasteiger partial charge in [0.15, 0.2) is 0 Å². The van der Waals surface area contributed by atoms with Gasteiger partial charge in [-0.1, -0.05) is 0 Å². The molecule has 0 heterocycles. The van der Waals surface area contributed by atoms with Crippen LogP contribution in [0.15, 0.2) is 0 Å². The summed E-state index contributed by atoms with van der Waals surface area (Å²) < 4.78 is 52.0. The highest BCUT2D eigenvalue weighted by Gasteiger charge is 2.49. The number of aliphatic hydroxyl groups excluding tert-OH is 1. The van der Waals surface area contributed by atoms with E-state index in [1.807, 2.05) is 0 Å². The van der Waals surface area contributed by atoms with Crippen molar-refractivity contribution in [1.82, 2.24) is 9.44 Å². The lowest BCUT2D eigenvalue weighted by molar-refractivity contribution is -0.143. The summed E-state index contributed by atoms with van der Waals surface area (Å²) >= 11 is 0. The average molecular weight is 736 g/mol. The quantitative estimate of drug-likeness (QED) is 0.0758. The number of nitrogens with two attached hydrogens (primary N) is 1. The van der Waals surface area contributed by atoms with Gasteiger partial charge in [0.2, 0.25) is 0 Å². The Kier molecular flexibility index (Phi) is 21.6. The molecule has 0 bridgehead atoms. The van der Waals surface area contributed by atoms with Gasteiger partial charge in [0.1, 0.15) is 13.2 Å². The van der Waals surface area contributed by atoms with Crippen LogP contribution in [0.5, 0.6) is 0 Å². The van der Waals surface area contributed by atoms with Crippen LogP contribution in [-0.4, -0.2) is 121 Å². The zero-order valence-corrected chi connectivity index (χ0v) is 29.3. The number of carboxylic acids is 2. The number of fused-ring (bicyclic) bond motifs is 2. The molecule has 17 heteroatoms. The van der Waals surface area contributed by atoms with Gasteiger partial charge in [0.25, 0.3) is 0 Å². The van der Waals surface area contributed by atoms with Gasteiger partial charge >= 0.3 is 28.2 Å². The Morgan fingerprint density at radius 3 is 1.58 bits per heavy atom. The number of hydrogen-bond donors (Lipinski definition) is 6. The molecule has 1 amide bonds. The van der Waals surface area contributed by atoms with Gasteiger partial charge in [-0.15, -0.1) is 23.7 Å². The first-order valence-electron chi connectivity index (χ1n) is 17.0. The molecule has 16 nitrogen and oxygen atoms in total. The molecule has 0 aromatic rings. The van der Waals surface area contributed by atoms with Crippen molar-refractivity contribution in [3.63, 3.8) is 0 Å². The molecule has 7 N–H and O–H groups in total. The van der Waals surface area contributed by atoms with E-state index < -0.39 is 34.8 Å². The topological polar surface area (TPSA) is 242 Å². The second kappa shape index (κ2) is 25.0. The second-order valence-corrected chi connectivity index (χ2v) is 13.5. The molecule has 0 aliphatic heterocycles. The maximum absolute atomic E-state index is 11.8. The predicted octanol–water partition coefficient (Wildman–Crippen LogP) is 1.08. The number of carbonyl (C=O) groups is 3. The Bertz CT molecular complexity index is 1240. The van der Waals surface area contributed by atoms with Gasteiger partial charge in [0, 0.05) is 48.2 Å². The standard InChI is InChI=1S/C17H26N2O8S.C10H14O.C6H13NO4.2H2/c20-16(21)12-26-10-9-25-8-7-18-28(23,24)19-17(22)27-11-15-13-5-3-1-2-4-6-14(13)15;11-7-10-8-5-3-1-2-4-6-9(8)10;7-1-2-10-3-4-11-5-6(8)9;;/h13-15,18H,3-12H2,(H,19,22)(H,20,21);8-11H,3-7H2;1-5,7H2,(H,8,9);2*1H/t13-,14+,15?;8-,9+,10?;;;. The number of nitrogens with one attached hydrogen (secondary N) is 2. The van der Waals surface area contributed by atoms with Crippen molar-refractivity contribution in [2.24, 2.45) is 41.2 Å². The highest BCUT2D eigenvalue weighted by Crippen LogP contribution is 2.52. The molecule has 6 atom stereocenters. The maximum Gasteiger partial charge on any atom is 0.421 e. The molecule has 4 rings (SSSR count). The Morgan fingerprint density at radius 1 is 0.700 bits per heavy atom. The lowest BCUT2D eigenvalue weighted by Crippen LogP contribution is -2.42. The van der Waals surface area contributed by atoms with Gasteiger partial charge in [-0.25, -0.2) is 19.1 Å². The molecule has 0 radical (unpaired) electrons. The normalized spacial score (nSPS) is 24.3. The van der Waals surface area contributed by atoms with Crippen LogP contribution < -0.4 is 15.2 Å². The van der Waals surface area contributed by atoms with E-state index in [1.54, 1.807) is 4.72 Å². The Balaban J connectivity index is 0.000000890. The fraction of sp³-hybridized carbons (Fsp3) is 0.788. The fourth-order valence-corrected chi connectivity index (χ4v) is 6.73. The zero-order valence-electron chi connectivity index (χ0n) is 28.5. The van der Waals surface area contributed by atoms with Crippen LogP contribution in [0.1, 0.15) is 54.2 Å². The van der Waals surface area contributed by atoms with Crippen molar-refractivity contribution in [3.8, 4) is 23.7 Å². The summed E-state index contributed by atoms with van der Waals surface area (Å²) in [5.74, 6) is 14.0. The van der Waals surface area contributed by atoms with Crippen LogP contribution in [0, 0.1) is 59.2 Å². The minimum absolute atomic E-state index is 0. The van der Waals surface area contributed by atoms with E-state index >= 15 is 0 Å². The van der Waals surface area contributed by atoms with Crippen LogP contribution in [0.25, 0.3) is 0 Å². The molecular formula is C33H57N3O13S. The van der Waals surface area contributed by atoms with E-state index in [1.165, 1.54) is 12.8 Å². The van der Waals surface area contributed by atoms with Crippen LogP contribution in [0.2, 0.25) is 0 Å². The molecule has 0 aromatic carbocycles. The highest BCUT2D eigenvalue weighted by atomic mass is 32.2. The van der Waals surface area contributed by atoms with Crippen LogP contribution in [0.3, 0.4) is 0 Å². The highest BCUT2D eigenvalue weighted by molar-refractivity contribution is 7.88. The summed E-state index contributed by atoms with van der Waals surface area (Å²) in [5, 5.41) is 25.5. The third kappa shape index (κ3) is 19.4. The summed E-state index contributed by atoms with van der Waals surface area (Å²) in [5.41, 5.74) is 5.13. The molecule has 0 saturated heterocycles. The first-order valence-corrected chi connectivity index (χ1v) is 18.5. The minimum Gasteiger partial charge on any atom is -0.480 e. The SMILES string of the molecule is NCCOCCOCC(=O)O.O=C(O)COCCOCCNS(=O)(=O)NC(=O)OCC1[C@H]2CCC#CCC[C@@H]12.OCC1[C@H]2CCC#CCC[C@@H]12.[HH].[HH]. The first-order chi connectivity index (χ1) is 24.1. The summed E-state index contributed by atoms with van der Waals surface area (Å²) in [6.07, 6.45) is 7.25. The van der Waals surface area contributed by atoms with E-state index in [-0.39, 0.29) is 48.4 Å². The fourth-order valence-electron chi connectivity index (χ4n) is 6.03. The first kappa shape index (κ1) is 43.2. The molecule has 2 unspecified atom stereocenters. The van der Waals surface area contributed by atoms with E-state index in [9.17, 15) is 22.8 Å². The van der Waals surface area contributed by atoms with Crippen molar-refractivity contribution >= 4 is 28.2 Å². The Morgan fingerprint density at radius 2 is 1.14 bits per heavy atom. The number of aliphatic carboxylic acids is 2. The van der Waals surface area contributed by atoms with E-state index in [2.05, 4.69) is 33.1 Å². The second-order valence-electron chi connectivity index (χ2n) is 12.0. The van der Waals surface area contributed by atoms with Gasteiger partial charge in [-0.2, -0.15) is 13.1 Å².